The second-order valence-corrected chi connectivity index (χ2v) is 4.63. The number of halogens is 2. The SMILES string of the molecule is Cc1cccc(C(O)CCN(CCO)CC(F)F)c1. The number of aliphatic hydroxyl groups excluding tert-OH is 2. The summed E-state index contributed by atoms with van der Waals surface area (Å²) in [5, 5.41) is 18.8. The minimum atomic E-state index is -2.43. The molecule has 0 bridgehead atoms. The number of hydrogen-bond acceptors (Lipinski definition) is 3. The van der Waals surface area contributed by atoms with Crippen LogP contribution in [0.5, 0.6) is 0 Å². The molecule has 0 saturated carbocycles. The molecule has 1 aromatic carbocycles. The zero-order chi connectivity index (χ0) is 14.3. The summed E-state index contributed by atoms with van der Waals surface area (Å²) in [6.07, 6.45) is -2.72. The van der Waals surface area contributed by atoms with Crippen molar-refractivity contribution in [1.29, 1.82) is 0 Å². The van der Waals surface area contributed by atoms with Gasteiger partial charge in [0.25, 0.3) is 6.43 Å². The summed E-state index contributed by atoms with van der Waals surface area (Å²) in [5.41, 5.74) is 1.84. The Kier molecular flexibility index (Phi) is 6.91. The molecule has 0 radical (unpaired) electrons. The van der Waals surface area contributed by atoms with Crippen LogP contribution in [0.1, 0.15) is 23.7 Å². The molecule has 1 rings (SSSR count). The quantitative estimate of drug-likeness (QED) is 0.761. The highest BCUT2D eigenvalue weighted by molar-refractivity contribution is 5.23. The zero-order valence-electron chi connectivity index (χ0n) is 11.1. The fourth-order valence-corrected chi connectivity index (χ4v) is 1.98. The van der Waals surface area contributed by atoms with E-state index in [1.54, 1.807) is 0 Å². The summed E-state index contributed by atoms with van der Waals surface area (Å²) < 4.78 is 24.6. The standard InChI is InChI=1S/C14H21F2NO2/c1-11-3-2-4-12(9-11)13(19)5-6-17(7-8-18)10-14(15)16/h2-4,9,13-14,18-19H,5-8,10H2,1H3. The lowest BCUT2D eigenvalue weighted by atomic mass is 10.0. The first kappa shape index (κ1) is 16.0. The first-order valence-corrected chi connectivity index (χ1v) is 6.39. The van der Waals surface area contributed by atoms with Crippen LogP contribution in [0.25, 0.3) is 0 Å². The third-order valence-corrected chi connectivity index (χ3v) is 2.96. The molecule has 19 heavy (non-hydrogen) atoms. The Morgan fingerprint density at radius 1 is 1.26 bits per heavy atom. The Morgan fingerprint density at radius 3 is 2.58 bits per heavy atom. The third kappa shape index (κ3) is 6.09. The first-order chi connectivity index (χ1) is 9.02. The molecule has 1 atom stereocenters. The van der Waals surface area contributed by atoms with Gasteiger partial charge in [0.05, 0.1) is 19.3 Å². The van der Waals surface area contributed by atoms with Gasteiger partial charge in [-0.2, -0.15) is 0 Å². The van der Waals surface area contributed by atoms with Crippen molar-refractivity contribution < 1.29 is 19.0 Å². The zero-order valence-corrected chi connectivity index (χ0v) is 11.1. The van der Waals surface area contributed by atoms with Crippen molar-refractivity contribution in [3.8, 4) is 0 Å². The van der Waals surface area contributed by atoms with Crippen LogP contribution in [0.3, 0.4) is 0 Å². The van der Waals surface area contributed by atoms with E-state index in [0.717, 1.165) is 11.1 Å². The average Bonchev–Trinajstić information content (AvgIpc) is 2.35. The van der Waals surface area contributed by atoms with Crippen LogP contribution in [-0.2, 0) is 0 Å². The van der Waals surface area contributed by atoms with E-state index < -0.39 is 12.5 Å². The Hall–Kier alpha value is -1.04. The monoisotopic (exact) mass is 273 g/mol. The molecular weight excluding hydrogens is 252 g/mol. The van der Waals surface area contributed by atoms with Gasteiger partial charge in [0.1, 0.15) is 0 Å². The van der Waals surface area contributed by atoms with Crippen LogP contribution in [0.4, 0.5) is 8.78 Å². The maximum Gasteiger partial charge on any atom is 0.251 e. The predicted molar refractivity (Wildman–Crippen MR) is 70.3 cm³/mol. The molecule has 2 N–H and O–H groups in total. The van der Waals surface area contributed by atoms with Crippen LogP contribution < -0.4 is 0 Å². The Labute approximate surface area is 112 Å². The lowest BCUT2D eigenvalue weighted by Gasteiger charge is -2.22. The summed E-state index contributed by atoms with van der Waals surface area (Å²) in [5.74, 6) is 0. The summed E-state index contributed by atoms with van der Waals surface area (Å²) in [6, 6.07) is 7.50. The molecule has 0 aromatic heterocycles. The summed E-state index contributed by atoms with van der Waals surface area (Å²) in [6.45, 7) is 1.93. The molecule has 108 valence electrons. The normalized spacial score (nSPS) is 13.2. The van der Waals surface area contributed by atoms with Crippen molar-refractivity contribution in [3.63, 3.8) is 0 Å². The number of nitrogens with zero attached hydrogens (tertiary/aromatic N) is 1. The minimum Gasteiger partial charge on any atom is -0.395 e. The fourth-order valence-electron chi connectivity index (χ4n) is 1.98. The van der Waals surface area contributed by atoms with Gasteiger partial charge in [0, 0.05) is 13.1 Å². The maximum absolute atomic E-state index is 12.3. The number of alkyl halides is 2. The topological polar surface area (TPSA) is 43.7 Å². The summed E-state index contributed by atoms with van der Waals surface area (Å²) in [4.78, 5) is 1.46. The van der Waals surface area contributed by atoms with Crippen molar-refractivity contribution in [2.24, 2.45) is 0 Å². The van der Waals surface area contributed by atoms with Gasteiger partial charge >= 0.3 is 0 Å². The molecule has 1 aromatic rings. The largest absolute Gasteiger partial charge is 0.395 e. The van der Waals surface area contributed by atoms with Crippen LogP contribution in [-0.4, -0.2) is 47.8 Å². The first-order valence-electron chi connectivity index (χ1n) is 6.39. The van der Waals surface area contributed by atoms with E-state index in [2.05, 4.69) is 0 Å². The molecule has 0 amide bonds. The summed E-state index contributed by atoms with van der Waals surface area (Å²) in [7, 11) is 0. The van der Waals surface area contributed by atoms with Crippen LogP contribution in [0.15, 0.2) is 24.3 Å². The number of benzene rings is 1. The van der Waals surface area contributed by atoms with E-state index in [1.165, 1.54) is 4.90 Å². The molecule has 0 aliphatic carbocycles. The fraction of sp³-hybridized carbons (Fsp3) is 0.571. The van der Waals surface area contributed by atoms with Crippen molar-refractivity contribution >= 4 is 0 Å². The average molecular weight is 273 g/mol. The van der Waals surface area contributed by atoms with Gasteiger partial charge in [0.15, 0.2) is 0 Å². The molecule has 0 saturated heterocycles. The molecule has 0 aliphatic heterocycles. The van der Waals surface area contributed by atoms with Gasteiger partial charge in [-0.3, -0.25) is 4.90 Å². The maximum atomic E-state index is 12.3. The Morgan fingerprint density at radius 2 is 2.00 bits per heavy atom. The van der Waals surface area contributed by atoms with Gasteiger partial charge in [-0.25, -0.2) is 8.78 Å². The molecule has 0 aliphatic rings. The number of hydrogen-bond donors (Lipinski definition) is 2. The van der Waals surface area contributed by atoms with E-state index in [9.17, 15) is 13.9 Å². The number of rotatable bonds is 8. The van der Waals surface area contributed by atoms with Crippen LogP contribution >= 0.6 is 0 Å². The second-order valence-electron chi connectivity index (χ2n) is 4.63. The number of aliphatic hydroxyl groups is 2. The predicted octanol–water partition coefficient (Wildman–Crippen LogP) is 1.98. The van der Waals surface area contributed by atoms with Crippen LogP contribution in [0, 0.1) is 6.92 Å². The van der Waals surface area contributed by atoms with Crippen molar-refractivity contribution in [3.05, 3.63) is 35.4 Å². The highest BCUT2D eigenvalue weighted by Crippen LogP contribution is 2.18. The molecule has 5 heteroatoms. The van der Waals surface area contributed by atoms with E-state index in [4.69, 9.17) is 5.11 Å². The van der Waals surface area contributed by atoms with Crippen molar-refractivity contribution in [2.75, 3.05) is 26.2 Å². The van der Waals surface area contributed by atoms with Gasteiger partial charge in [-0.15, -0.1) is 0 Å². The van der Waals surface area contributed by atoms with E-state index in [-0.39, 0.29) is 19.7 Å². The lowest BCUT2D eigenvalue weighted by molar-refractivity contribution is 0.0660. The molecular formula is C14H21F2NO2. The van der Waals surface area contributed by atoms with Crippen molar-refractivity contribution in [2.45, 2.75) is 25.9 Å². The molecule has 0 spiro atoms. The van der Waals surface area contributed by atoms with E-state index in [0.29, 0.717) is 13.0 Å². The molecule has 1 unspecified atom stereocenters. The Bertz CT molecular complexity index is 374. The summed E-state index contributed by atoms with van der Waals surface area (Å²) >= 11 is 0. The number of aryl methyl sites for hydroxylation is 1. The van der Waals surface area contributed by atoms with E-state index in [1.807, 2.05) is 31.2 Å². The third-order valence-electron chi connectivity index (χ3n) is 2.96. The lowest BCUT2D eigenvalue weighted by Crippen LogP contribution is -2.33. The van der Waals surface area contributed by atoms with Gasteiger partial charge in [-0.1, -0.05) is 29.8 Å². The highest BCUT2D eigenvalue weighted by Gasteiger charge is 2.14. The Balaban J connectivity index is 2.49. The van der Waals surface area contributed by atoms with Crippen LogP contribution in [0.2, 0.25) is 0 Å². The van der Waals surface area contributed by atoms with Gasteiger partial charge < -0.3 is 10.2 Å². The van der Waals surface area contributed by atoms with Gasteiger partial charge in [-0.05, 0) is 18.9 Å². The van der Waals surface area contributed by atoms with Gasteiger partial charge in [0.2, 0.25) is 0 Å². The van der Waals surface area contributed by atoms with E-state index >= 15 is 0 Å². The molecule has 0 heterocycles. The molecule has 3 nitrogen and oxygen atoms in total. The second kappa shape index (κ2) is 8.19. The smallest absolute Gasteiger partial charge is 0.251 e. The highest BCUT2D eigenvalue weighted by atomic mass is 19.3. The molecule has 0 fully saturated rings. The minimum absolute atomic E-state index is 0.159. The van der Waals surface area contributed by atoms with Crippen molar-refractivity contribution in [1.82, 2.24) is 4.90 Å².